The van der Waals surface area contributed by atoms with Gasteiger partial charge in [-0.25, -0.2) is 15.0 Å². The predicted octanol–water partition coefficient (Wildman–Crippen LogP) is 5.62. The molecule has 0 saturated carbocycles. The predicted molar refractivity (Wildman–Crippen MR) is 168 cm³/mol. The largest absolute Gasteiger partial charge is 0.494 e. The van der Waals surface area contributed by atoms with Crippen LogP contribution in [0.4, 0.5) is 23.3 Å². The van der Waals surface area contributed by atoms with Gasteiger partial charge in [0.2, 0.25) is 5.95 Å². The van der Waals surface area contributed by atoms with Crippen molar-refractivity contribution in [1.29, 1.82) is 0 Å². The maximum absolute atomic E-state index is 13.4. The lowest BCUT2D eigenvalue weighted by Crippen LogP contribution is -2.39. The summed E-state index contributed by atoms with van der Waals surface area (Å²) in [4.78, 5) is 33.6. The summed E-state index contributed by atoms with van der Waals surface area (Å²) in [7, 11) is 2.90. The van der Waals surface area contributed by atoms with Crippen molar-refractivity contribution >= 4 is 89.9 Å². The summed E-state index contributed by atoms with van der Waals surface area (Å²) < 4.78 is 17.2. The molecule has 3 N–H and O–H groups in total. The molecule has 0 unspecified atom stereocenters. The minimum Gasteiger partial charge on any atom is -0.494 e. The number of hydrogen-bond acceptors (Lipinski definition) is 12. The minimum atomic E-state index is -0.473. The van der Waals surface area contributed by atoms with Crippen molar-refractivity contribution in [3.05, 3.63) is 43.5 Å². The van der Waals surface area contributed by atoms with E-state index < -0.39 is 5.91 Å². The van der Waals surface area contributed by atoms with Crippen molar-refractivity contribution < 1.29 is 19.0 Å². The van der Waals surface area contributed by atoms with Crippen molar-refractivity contribution in [2.75, 3.05) is 69.6 Å². The monoisotopic (exact) mass is 696 g/mol. The second kappa shape index (κ2) is 13.5. The van der Waals surface area contributed by atoms with Crippen LogP contribution in [0.2, 0.25) is 10.0 Å². The summed E-state index contributed by atoms with van der Waals surface area (Å²) in [6.45, 7) is 6.89. The molecule has 4 aromatic rings. The number of carbonyl (C=O) groups is 1. The molecule has 42 heavy (non-hydrogen) atoms. The molecule has 1 aliphatic rings. The molecule has 0 bridgehead atoms. The van der Waals surface area contributed by atoms with E-state index in [9.17, 15) is 4.79 Å². The molecule has 1 aromatic carbocycles. The molecule has 3 aromatic heterocycles. The van der Waals surface area contributed by atoms with Crippen molar-refractivity contribution in [3.8, 4) is 11.5 Å². The van der Waals surface area contributed by atoms with E-state index in [0.29, 0.717) is 37.8 Å². The van der Waals surface area contributed by atoms with Crippen molar-refractivity contribution in [3.63, 3.8) is 0 Å². The lowest BCUT2D eigenvalue weighted by Gasteiger charge is -2.26. The molecule has 1 amide bonds. The highest BCUT2D eigenvalue weighted by molar-refractivity contribution is 9.10. The van der Waals surface area contributed by atoms with Crippen molar-refractivity contribution in [2.45, 2.75) is 6.92 Å². The normalized spacial score (nSPS) is 13.7. The molecule has 222 valence electrons. The van der Waals surface area contributed by atoms with Crippen LogP contribution in [-0.4, -0.2) is 84.4 Å². The van der Waals surface area contributed by atoms with Crippen molar-refractivity contribution in [1.82, 2.24) is 24.8 Å². The molecular weight excluding hydrogens is 671 g/mol. The zero-order valence-corrected chi connectivity index (χ0v) is 26.8. The number of methoxy groups -OCH3 is 2. The Morgan fingerprint density at radius 3 is 2.55 bits per heavy atom. The Kier molecular flexibility index (Phi) is 9.81. The lowest BCUT2D eigenvalue weighted by atomic mass is 10.2. The standard InChI is InChI=1S/C26H27BrCl2N8O4S/c1-13-10-15(30-4-5-37-6-8-41-9-7-37)34-26(33-13)36-24-23-19(31-12-32-24)14(11-42-23)25(38)35-20-17(28)21(39-2)16(27)22(40-3)18(20)29/h10-12H,4-9H2,1-3H3,(H,35,38)(H2,30,31,32,33,34,36). The minimum absolute atomic E-state index is 0.117. The quantitative estimate of drug-likeness (QED) is 0.191. The summed E-state index contributed by atoms with van der Waals surface area (Å²) in [6, 6.07) is 1.88. The van der Waals surface area contributed by atoms with E-state index in [1.54, 1.807) is 5.38 Å². The number of thiophene rings is 1. The van der Waals surface area contributed by atoms with Gasteiger partial charge in [0, 0.05) is 43.3 Å². The number of hydrogen-bond donors (Lipinski definition) is 3. The fraction of sp³-hybridized carbons (Fsp3) is 0.346. The van der Waals surface area contributed by atoms with Gasteiger partial charge in [-0.15, -0.1) is 11.3 Å². The van der Waals surface area contributed by atoms with Crippen LogP contribution in [-0.2, 0) is 4.74 Å². The first kappa shape index (κ1) is 30.4. The van der Waals surface area contributed by atoms with Crippen LogP contribution in [0.3, 0.4) is 0 Å². The third-order valence-electron chi connectivity index (χ3n) is 6.40. The number of rotatable bonds is 10. The Labute approximate surface area is 264 Å². The van der Waals surface area contributed by atoms with Gasteiger partial charge in [-0.2, -0.15) is 4.98 Å². The SMILES string of the molecule is COc1c(Cl)c(NC(=O)c2csc3c(Nc4nc(C)cc(NCCN5CCOCC5)n4)ncnc23)c(Cl)c(OC)c1Br. The second-order valence-corrected chi connectivity index (χ2v) is 11.5. The van der Waals surface area contributed by atoms with E-state index in [1.165, 1.54) is 31.9 Å². The van der Waals surface area contributed by atoms with Gasteiger partial charge < -0.3 is 30.2 Å². The Bertz CT molecular complexity index is 1590. The van der Waals surface area contributed by atoms with Gasteiger partial charge in [-0.3, -0.25) is 9.69 Å². The van der Waals surface area contributed by atoms with Crippen LogP contribution >= 0.6 is 50.5 Å². The van der Waals surface area contributed by atoms with Gasteiger partial charge in [-0.05, 0) is 22.9 Å². The molecule has 1 fully saturated rings. The van der Waals surface area contributed by atoms with Gasteiger partial charge >= 0.3 is 0 Å². The summed E-state index contributed by atoms with van der Waals surface area (Å²) in [5.41, 5.74) is 1.68. The first-order valence-corrected chi connectivity index (χ1v) is 15.2. The highest BCUT2D eigenvalue weighted by Crippen LogP contribution is 2.50. The fourth-order valence-corrected chi connectivity index (χ4v) is 6.92. The molecule has 16 heteroatoms. The van der Waals surface area contributed by atoms with E-state index in [2.05, 4.69) is 56.7 Å². The molecule has 12 nitrogen and oxygen atoms in total. The molecule has 0 spiro atoms. The van der Waals surface area contributed by atoms with Gasteiger partial charge in [0.25, 0.3) is 5.91 Å². The van der Waals surface area contributed by atoms with E-state index >= 15 is 0 Å². The van der Waals surface area contributed by atoms with Gasteiger partial charge in [0.15, 0.2) is 17.3 Å². The van der Waals surface area contributed by atoms with E-state index in [0.717, 1.165) is 45.1 Å². The number of aryl methyl sites for hydroxylation is 1. The van der Waals surface area contributed by atoms with Crippen LogP contribution in [0.25, 0.3) is 10.2 Å². The lowest BCUT2D eigenvalue weighted by molar-refractivity contribution is 0.0398. The highest BCUT2D eigenvalue weighted by Gasteiger charge is 2.25. The second-order valence-electron chi connectivity index (χ2n) is 9.11. The van der Waals surface area contributed by atoms with Crippen molar-refractivity contribution in [2.24, 2.45) is 0 Å². The maximum Gasteiger partial charge on any atom is 0.258 e. The zero-order chi connectivity index (χ0) is 29.8. The summed E-state index contributed by atoms with van der Waals surface area (Å²) >= 11 is 17.7. The first-order chi connectivity index (χ1) is 20.3. The summed E-state index contributed by atoms with van der Waals surface area (Å²) in [5.74, 6) is 1.60. The summed E-state index contributed by atoms with van der Waals surface area (Å²) in [5, 5.41) is 11.2. The smallest absolute Gasteiger partial charge is 0.258 e. The Hall–Kier alpha value is -3.01. The first-order valence-electron chi connectivity index (χ1n) is 12.8. The number of amides is 1. The number of fused-ring (bicyclic) bond motifs is 1. The number of carbonyl (C=O) groups excluding carboxylic acids is 1. The third kappa shape index (κ3) is 6.48. The topological polar surface area (TPSA) is 136 Å². The average molecular weight is 698 g/mol. The zero-order valence-electron chi connectivity index (χ0n) is 22.9. The number of aromatic nitrogens is 4. The Balaban J connectivity index is 1.35. The number of anilines is 4. The van der Waals surface area contributed by atoms with Gasteiger partial charge in [0.1, 0.15) is 26.7 Å². The molecule has 4 heterocycles. The Morgan fingerprint density at radius 2 is 1.86 bits per heavy atom. The van der Waals surface area contributed by atoms with E-state index in [-0.39, 0.29) is 27.2 Å². The number of halogens is 3. The molecule has 1 saturated heterocycles. The highest BCUT2D eigenvalue weighted by atomic mass is 79.9. The molecule has 0 radical (unpaired) electrons. The number of ether oxygens (including phenoxy) is 3. The Morgan fingerprint density at radius 1 is 1.14 bits per heavy atom. The molecule has 1 aliphatic heterocycles. The van der Waals surface area contributed by atoms with Crippen LogP contribution < -0.4 is 25.4 Å². The number of benzene rings is 1. The number of nitrogens with zero attached hydrogens (tertiary/aromatic N) is 5. The van der Waals surface area contributed by atoms with Crippen LogP contribution in [0.1, 0.15) is 16.1 Å². The van der Waals surface area contributed by atoms with E-state index in [1.807, 2.05) is 13.0 Å². The van der Waals surface area contributed by atoms with Crippen LogP contribution in [0.5, 0.6) is 11.5 Å². The molecule has 0 atom stereocenters. The van der Waals surface area contributed by atoms with Gasteiger partial charge in [0.05, 0.1) is 48.9 Å². The molecule has 0 aliphatic carbocycles. The molecule has 5 rings (SSSR count). The summed E-state index contributed by atoms with van der Waals surface area (Å²) in [6.07, 6.45) is 1.37. The van der Waals surface area contributed by atoms with Gasteiger partial charge in [-0.1, -0.05) is 23.2 Å². The molecular formula is C26H27BrCl2N8O4S. The van der Waals surface area contributed by atoms with E-state index in [4.69, 9.17) is 37.4 Å². The fourth-order valence-electron chi connectivity index (χ4n) is 4.36. The maximum atomic E-state index is 13.4. The van der Waals surface area contributed by atoms with Crippen LogP contribution in [0.15, 0.2) is 22.2 Å². The third-order valence-corrected chi connectivity index (χ3v) is 8.82. The number of nitrogens with one attached hydrogen (secondary N) is 3. The van der Waals surface area contributed by atoms with Crippen LogP contribution in [0, 0.1) is 6.92 Å². The average Bonchev–Trinajstić information content (AvgIpc) is 3.42. The number of morpholine rings is 1.